The van der Waals surface area contributed by atoms with Crippen LogP contribution in [0.1, 0.15) is 21.9 Å². The van der Waals surface area contributed by atoms with Crippen molar-refractivity contribution in [1.82, 2.24) is 30.0 Å². The van der Waals surface area contributed by atoms with Crippen LogP contribution in [0, 0.1) is 6.92 Å². The maximum atomic E-state index is 12.3. The van der Waals surface area contributed by atoms with Crippen LogP contribution in [0.15, 0.2) is 65.7 Å². The van der Waals surface area contributed by atoms with Crippen molar-refractivity contribution in [3.05, 3.63) is 78.3 Å². The van der Waals surface area contributed by atoms with Gasteiger partial charge in [0.2, 0.25) is 0 Å². The molecule has 4 aromatic rings. The largest absolute Gasteiger partial charge is 0.350 e. The lowest BCUT2D eigenvalue weighted by atomic mass is 10.1. The normalized spacial score (nSPS) is 10.8. The van der Waals surface area contributed by atoms with Gasteiger partial charge in [0.05, 0.1) is 5.56 Å². The molecule has 0 saturated carbocycles. The van der Waals surface area contributed by atoms with Gasteiger partial charge in [-0.05, 0) is 31.0 Å². The zero-order chi connectivity index (χ0) is 19.3. The van der Waals surface area contributed by atoms with E-state index in [1.807, 2.05) is 36.4 Å². The van der Waals surface area contributed by atoms with Crippen LogP contribution < -0.4 is 5.32 Å². The fourth-order valence-electron chi connectivity index (χ4n) is 2.70. The molecule has 0 aliphatic heterocycles. The average molecular weight is 374 g/mol. The summed E-state index contributed by atoms with van der Waals surface area (Å²) >= 11 is 0. The average Bonchev–Trinajstić information content (AvgIpc) is 3.38. The standard InChI is InChI=1S/C20H18N6O2/c1-14-24-20(28-25-14)16-7-8-18(22-11-16)26-12-17(23-13-26)19(27)21-10-9-15-5-3-2-4-6-15/h2-8,11-13H,9-10H2,1H3,(H,21,27). The van der Waals surface area contributed by atoms with Crippen LogP contribution >= 0.6 is 0 Å². The van der Waals surface area contributed by atoms with Crippen molar-refractivity contribution in [2.75, 3.05) is 6.54 Å². The molecule has 3 aromatic heterocycles. The van der Waals surface area contributed by atoms with E-state index in [9.17, 15) is 4.79 Å². The molecule has 0 aliphatic rings. The second-order valence-corrected chi connectivity index (χ2v) is 6.21. The summed E-state index contributed by atoms with van der Waals surface area (Å²) < 4.78 is 6.82. The second-order valence-electron chi connectivity index (χ2n) is 6.21. The van der Waals surface area contributed by atoms with Crippen LogP contribution in [0.3, 0.4) is 0 Å². The predicted molar refractivity (Wildman–Crippen MR) is 102 cm³/mol. The van der Waals surface area contributed by atoms with Gasteiger partial charge in [-0.3, -0.25) is 9.36 Å². The van der Waals surface area contributed by atoms with Gasteiger partial charge in [-0.15, -0.1) is 0 Å². The van der Waals surface area contributed by atoms with Crippen LogP contribution in [0.4, 0.5) is 0 Å². The Morgan fingerprint density at radius 3 is 2.71 bits per heavy atom. The Labute approximate surface area is 161 Å². The Balaban J connectivity index is 1.38. The van der Waals surface area contributed by atoms with Crippen LogP contribution in [0.25, 0.3) is 17.3 Å². The van der Waals surface area contributed by atoms with Crippen molar-refractivity contribution in [3.8, 4) is 17.3 Å². The minimum Gasteiger partial charge on any atom is -0.350 e. The summed E-state index contributed by atoms with van der Waals surface area (Å²) in [5.41, 5.74) is 2.24. The lowest BCUT2D eigenvalue weighted by Crippen LogP contribution is -2.26. The number of benzene rings is 1. The van der Waals surface area contributed by atoms with Crippen molar-refractivity contribution in [3.63, 3.8) is 0 Å². The van der Waals surface area contributed by atoms with E-state index < -0.39 is 0 Å². The van der Waals surface area contributed by atoms with Crippen molar-refractivity contribution in [1.29, 1.82) is 0 Å². The summed E-state index contributed by atoms with van der Waals surface area (Å²) in [6.07, 6.45) is 5.62. The molecule has 0 saturated heterocycles. The van der Waals surface area contributed by atoms with Crippen molar-refractivity contribution in [2.24, 2.45) is 0 Å². The van der Waals surface area contributed by atoms with Gasteiger partial charge in [0.1, 0.15) is 17.8 Å². The third-order valence-electron chi connectivity index (χ3n) is 4.14. The molecule has 1 aromatic carbocycles. The maximum Gasteiger partial charge on any atom is 0.271 e. The number of carbonyl (C=O) groups is 1. The molecule has 0 bridgehead atoms. The van der Waals surface area contributed by atoms with Crippen LogP contribution in [0.2, 0.25) is 0 Å². The maximum absolute atomic E-state index is 12.3. The molecule has 8 nitrogen and oxygen atoms in total. The molecular formula is C20H18N6O2. The first-order valence-electron chi connectivity index (χ1n) is 8.82. The van der Waals surface area contributed by atoms with Crippen molar-refractivity contribution in [2.45, 2.75) is 13.3 Å². The molecule has 1 amide bonds. The number of amides is 1. The molecule has 0 fully saturated rings. The fourth-order valence-corrected chi connectivity index (χ4v) is 2.70. The van der Waals surface area contributed by atoms with Gasteiger partial charge in [0, 0.05) is 18.9 Å². The van der Waals surface area contributed by atoms with Gasteiger partial charge >= 0.3 is 0 Å². The molecule has 0 atom stereocenters. The molecule has 1 N–H and O–H groups in total. The molecule has 8 heteroatoms. The highest BCUT2D eigenvalue weighted by Gasteiger charge is 2.11. The summed E-state index contributed by atoms with van der Waals surface area (Å²) in [5, 5.41) is 6.65. The summed E-state index contributed by atoms with van der Waals surface area (Å²) in [4.78, 5) is 25.0. The predicted octanol–water partition coefficient (Wildman–Crippen LogP) is 2.60. The first-order valence-corrected chi connectivity index (χ1v) is 8.82. The number of carbonyl (C=O) groups excluding carboxylic acids is 1. The number of aromatic nitrogens is 5. The van der Waals surface area contributed by atoms with E-state index >= 15 is 0 Å². The Morgan fingerprint density at radius 1 is 1.14 bits per heavy atom. The first kappa shape index (κ1) is 17.6. The number of rotatable bonds is 6. The third kappa shape index (κ3) is 3.96. The molecule has 0 aliphatic carbocycles. The number of aryl methyl sites for hydroxylation is 1. The molecule has 0 radical (unpaired) electrons. The highest BCUT2D eigenvalue weighted by Crippen LogP contribution is 2.17. The Bertz CT molecular complexity index is 1070. The number of nitrogens with one attached hydrogen (secondary N) is 1. The molecule has 140 valence electrons. The van der Waals surface area contributed by atoms with Gasteiger partial charge in [-0.25, -0.2) is 9.97 Å². The molecule has 3 heterocycles. The topological polar surface area (TPSA) is 98.7 Å². The molecule has 0 unspecified atom stereocenters. The quantitative estimate of drug-likeness (QED) is 0.557. The summed E-state index contributed by atoms with van der Waals surface area (Å²) in [7, 11) is 0. The lowest BCUT2D eigenvalue weighted by molar-refractivity contribution is 0.0949. The van der Waals surface area contributed by atoms with Crippen LogP contribution in [-0.2, 0) is 6.42 Å². The lowest BCUT2D eigenvalue weighted by Gasteiger charge is -2.03. The Hall–Kier alpha value is -3.81. The number of nitrogens with zero attached hydrogens (tertiary/aromatic N) is 5. The van der Waals surface area contributed by atoms with Gasteiger partial charge in [0.25, 0.3) is 11.8 Å². The van der Waals surface area contributed by atoms with Gasteiger partial charge in [0.15, 0.2) is 5.82 Å². The van der Waals surface area contributed by atoms with Crippen LogP contribution in [-0.4, -0.2) is 37.1 Å². The van der Waals surface area contributed by atoms with E-state index in [-0.39, 0.29) is 5.91 Å². The van der Waals surface area contributed by atoms with E-state index in [2.05, 4.69) is 25.4 Å². The van der Waals surface area contributed by atoms with Crippen molar-refractivity contribution < 1.29 is 9.32 Å². The highest BCUT2D eigenvalue weighted by atomic mass is 16.5. The Morgan fingerprint density at radius 2 is 2.00 bits per heavy atom. The van der Waals surface area contributed by atoms with E-state index in [0.29, 0.717) is 29.8 Å². The zero-order valence-corrected chi connectivity index (χ0v) is 15.2. The summed E-state index contributed by atoms with van der Waals surface area (Å²) in [6.45, 7) is 2.30. The molecular weight excluding hydrogens is 356 g/mol. The molecule has 28 heavy (non-hydrogen) atoms. The van der Waals surface area contributed by atoms with Gasteiger partial charge in [-0.2, -0.15) is 4.98 Å². The van der Waals surface area contributed by atoms with E-state index in [1.165, 1.54) is 5.56 Å². The first-order chi connectivity index (χ1) is 13.7. The second kappa shape index (κ2) is 7.83. The third-order valence-corrected chi connectivity index (χ3v) is 4.14. The number of pyridine rings is 1. The molecule has 0 spiro atoms. The number of hydrogen-bond acceptors (Lipinski definition) is 6. The molecule has 4 rings (SSSR count). The number of imidazole rings is 1. The van der Waals surface area contributed by atoms with E-state index in [0.717, 1.165) is 12.0 Å². The van der Waals surface area contributed by atoms with Crippen LogP contribution in [0.5, 0.6) is 0 Å². The number of hydrogen-bond donors (Lipinski definition) is 1. The minimum absolute atomic E-state index is 0.215. The minimum atomic E-state index is -0.215. The summed E-state index contributed by atoms with van der Waals surface area (Å²) in [5.74, 6) is 1.40. The van der Waals surface area contributed by atoms with Gasteiger partial charge in [-0.1, -0.05) is 35.5 Å². The van der Waals surface area contributed by atoms with E-state index in [4.69, 9.17) is 4.52 Å². The SMILES string of the molecule is Cc1noc(-c2ccc(-n3cnc(C(=O)NCCc4ccccc4)c3)nc2)n1. The van der Waals surface area contributed by atoms with Crippen molar-refractivity contribution >= 4 is 5.91 Å². The monoisotopic (exact) mass is 374 g/mol. The van der Waals surface area contributed by atoms with E-state index in [1.54, 1.807) is 36.3 Å². The fraction of sp³-hybridized carbons (Fsp3) is 0.150. The van der Waals surface area contributed by atoms with Gasteiger partial charge < -0.3 is 9.84 Å². The zero-order valence-electron chi connectivity index (χ0n) is 15.2. The Kier molecular flexibility index (Phi) is 4.92. The highest BCUT2D eigenvalue weighted by molar-refractivity contribution is 5.92. The smallest absolute Gasteiger partial charge is 0.271 e. The summed E-state index contributed by atoms with van der Waals surface area (Å²) in [6, 6.07) is 13.6.